The Bertz CT molecular complexity index is 788. The van der Waals surface area contributed by atoms with Crippen LogP contribution >= 0.6 is 0 Å². The molecule has 0 radical (unpaired) electrons. The molecule has 2 aliphatic rings. The van der Waals surface area contributed by atoms with E-state index in [1.807, 2.05) is 17.7 Å². The molecule has 1 fully saturated rings. The zero-order chi connectivity index (χ0) is 18.6. The molecule has 2 aliphatic heterocycles. The molecule has 0 spiro atoms. The van der Waals surface area contributed by atoms with Gasteiger partial charge in [-0.05, 0) is 13.0 Å². The summed E-state index contributed by atoms with van der Waals surface area (Å²) < 4.78 is 24.4. The third kappa shape index (κ3) is 3.85. The molecule has 146 valence electrons. The van der Waals surface area contributed by atoms with E-state index in [4.69, 9.17) is 24.0 Å². The highest BCUT2D eigenvalue weighted by Crippen LogP contribution is 2.32. The largest absolute Gasteiger partial charge is 0.481 e. The van der Waals surface area contributed by atoms with Crippen molar-refractivity contribution >= 4 is 5.82 Å². The lowest BCUT2D eigenvalue weighted by molar-refractivity contribution is -0.00104. The van der Waals surface area contributed by atoms with Gasteiger partial charge in [-0.25, -0.2) is 9.67 Å². The van der Waals surface area contributed by atoms with Crippen molar-refractivity contribution in [2.45, 2.75) is 19.4 Å². The SMILES string of the molecule is COc1ncc(-n2nc(OC[C@@H]3CNCCO3)c3c2NCOCC3)cc1C. The maximum atomic E-state index is 6.04. The highest BCUT2D eigenvalue weighted by atomic mass is 16.5. The number of aryl methyl sites for hydroxylation is 1. The van der Waals surface area contributed by atoms with Crippen LogP contribution in [0.15, 0.2) is 12.3 Å². The molecule has 0 aliphatic carbocycles. The highest BCUT2D eigenvalue weighted by Gasteiger charge is 2.24. The van der Waals surface area contributed by atoms with E-state index in [1.165, 1.54) is 0 Å². The van der Waals surface area contributed by atoms with E-state index in [-0.39, 0.29) is 6.10 Å². The summed E-state index contributed by atoms with van der Waals surface area (Å²) >= 11 is 0. The van der Waals surface area contributed by atoms with E-state index >= 15 is 0 Å². The molecule has 0 saturated carbocycles. The second kappa shape index (κ2) is 8.12. The van der Waals surface area contributed by atoms with E-state index in [0.29, 0.717) is 38.3 Å². The van der Waals surface area contributed by atoms with Crippen LogP contribution in [0.5, 0.6) is 11.8 Å². The number of ether oxygens (including phenoxy) is 4. The van der Waals surface area contributed by atoms with Gasteiger partial charge in [-0.1, -0.05) is 0 Å². The predicted octanol–water partition coefficient (Wildman–Crippen LogP) is 0.894. The minimum Gasteiger partial charge on any atom is -0.481 e. The third-order valence-corrected chi connectivity index (χ3v) is 4.65. The van der Waals surface area contributed by atoms with Crippen LogP contribution in [-0.4, -0.2) is 67.6 Å². The minimum absolute atomic E-state index is 0.0273. The fraction of sp³-hybridized carbons (Fsp3) is 0.556. The molecule has 0 amide bonds. The van der Waals surface area contributed by atoms with Gasteiger partial charge in [-0.15, -0.1) is 5.10 Å². The van der Waals surface area contributed by atoms with Crippen molar-refractivity contribution in [3.05, 3.63) is 23.4 Å². The minimum atomic E-state index is 0.0273. The van der Waals surface area contributed by atoms with E-state index in [1.54, 1.807) is 13.3 Å². The molecule has 27 heavy (non-hydrogen) atoms. The number of pyridine rings is 1. The molecule has 1 atom stereocenters. The van der Waals surface area contributed by atoms with Crippen LogP contribution in [0.25, 0.3) is 5.69 Å². The number of nitrogens with zero attached hydrogens (tertiary/aromatic N) is 3. The van der Waals surface area contributed by atoms with Crippen molar-refractivity contribution in [2.24, 2.45) is 0 Å². The van der Waals surface area contributed by atoms with Crippen molar-refractivity contribution in [1.29, 1.82) is 0 Å². The molecule has 9 nitrogen and oxygen atoms in total. The van der Waals surface area contributed by atoms with Gasteiger partial charge < -0.3 is 29.6 Å². The summed E-state index contributed by atoms with van der Waals surface area (Å²) in [5.74, 6) is 2.08. The van der Waals surface area contributed by atoms with E-state index in [0.717, 1.165) is 42.1 Å². The maximum absolute atomic E-state index is 6.04. The topological polar surface area (TPSA) is 91.7 Å². The third-order valence-electron chi connectivity index (χ3n) is 4.65. The molecule has 2 N–H and O–H groups in total. The number of hydrogen-bond donors (Lipinski definition) is 2. The molecule has 0 bridgehead atoms. The first-order valence-electron chi connectivity index (χ1n) is 9.16. The number of methoxy groups -OCH3 is 1. The smallest absolute Gasteiger partial charge is 0.238 e. The number of morpholine rings is 1. The fourth-order valence-electron chi connectivity index (χ4n) is 3.28. The van der Waals surface area contributed by atoms with Crippen molar-refractivity contribution in [1.82, 2.24) is 20.1 Å². The zero-order valence-corrected chi connectivity index (χ0v) is 15.7. The lowest BCUT2D eigenvalue weighted by atomic mass is 10.2. The van der Waals surface area contributed by atoms with Gasteiger partial charge in [0.25, 0.3) is 0 Å². The number of anilines is 1. The lowest BCUT2D eigenvalue weighted by Gasteiger charge is -2.23. The van der Waals surface area contributed by atoms with E-state index in [9.17, 15) is 0 Å². The van der Waals surface area contributed by atoms with Crippen molar-refractivity contribution in [2.75, 3.05) is 52.1 Å². The summed E-state index contributed by atoms with van der Waals surface area (Å²) in [6.45, 7) is 5.82. The van der Waals surface area contributed by atoms with Gasteiger partial charge in [-0.3, -0.25) is 0 Å². The molecular weight excluding hydrogens is 350 g/mol. The van der Waals surface area contributed by atoms with Crippen LogP contribution in [0.3, 0.4) is 0 Å². The summed E-state index contributed by atoms with van der Waals surface area (Å²) in [5, 5.41) is 11.3. The molecule has 0 aromatic carbocycles. The Morgan fingerprint density at radius 3 is 3.04 bits per heavy atom. The first-order chi connectivity index (χ1) is 13.3. The van der Waals surface area contributed by atoms with Gasteiger partial charge in [0, 0.05) is 25.1 Å². The average molecular weight is 375 g/mol. The first kappa shape index (κ1) is 18.0. The average Bonchev–Trinajstić information content (AvgIpc) is 2.87. The number of nitrogens with one attached hydrogen (secondary N) is 2. The predicted molar refractivity (Wildman–Crippen MR) is 98.9 cm³/mol. The Balaban J connectivity index is 1.63. The first-order valence-corrected chi connectivity index (χ1v) is 9.16. The number of rotatable bonds is 5. The van der Waals surface area contributed by atoms with Gasteiger partial charge in [0.2, 0.25) is 11.8 Å². The Morgan fingerprint density at radius 1 is 1.33 bits per heavy atom. The maximum Gasteiger partial charge on any atom is 0.238 e. The lowest BCUT2D eigenvalue weighted by Crippen LogP contribution is -2.41. The molecule has 9 heteroatoms. The molecule has 1 saturated heterocycles. The Labute approximate surface area is 158 Å². The van der Waals surface area contributed by atoms with Crippen LogP contribution < -0.4 is 20.1 Å². The van der Waals surface area contributed by atoms with Crippen molar-refractivity contribution < 1.29 is 18.9 Å². The summed E-state index contributed by atoms with van der Waals surface area (Å²) in [4.78, 5) is 4.36. The Hall–Kier alpha value is -2.36. The van der Waals surface area contributed by atoms with Gasteiger partial charge >= 0.3 is 0 Å². The summed E-state index contributed by atoms with van der Waals surface area (Å²) in [6.07, 6.45) is 2.49. The Kier molecular flexibility index (Phi) is 5.42. The second-order valence-corrected chi connectivity index (χ2v) is 6.55. The van der Waals surface area contributed by atoms with E-state index < -0.39 is 0 Å². The summed E-state index contributed by atoms with van der Waals surface area (Å²) in [5.41, 5.74) is 2.78. The van der Waals surface area contributed by atoms with Gasteiger partial charge in [-0.2, -0.15) is 0 Å². The quantitative estimate of drug-likeness (QED) is 0.796. The zero-order valence-electron chi connectivity index (χ0n) is 15.7. The number of hydrogen-bond acceptors (Lipinski definition) is 8. The summed E-state index contributed by atoms with van der Waals surface area (Å²) in [6, 6.07) is 1.99. The van der Waals surface area contributed by atoms with Crippen molar-refractivity contribution in [3.8, 4) is 17.4 Å². The monoisotopic (exact) mass is 375 g/mol. The van der Waals surface area contributed by atoms with Crippen LogP contribution in [0.2, 0.25) is 0 Å². The highest BCUT2D eigenvalue weighted by molar-refractivity contribution is 5.56. The van der Waals surface area contributed by atoms with E-state index in [2.05, 4.69) is 15.6 Å². The molecule has 0 unspecified atom stereocenters. The van der Waals surface area contributed by atoms with Crippen molar-refractivity contribution in [3.63, 3.8) is 0 Å². The molecule has 2 aromatic heterocycles. The summed E-state index contributed by atoms with van der Waals surface area (Å²) in [7, 11) is 1.61. The van der Waals surface area contributed by atoms with Crippen LogP contribution in [0.4, 0.5) is 5.82 Å². The van der Waals surface area contributed by atoms with Gasteiger partial charge in [0.05, 0.1) is 37.8 Å². The normalized spacial score (nSPS) is 19.7. The van der Waals surface area contributed by atoms with Crippen LogP contribution in [0, 0.1) is 6.92 Å². The second-order valence-electron chi connectivity index (χ2n) is 6.55. The standard InChI is InChI=1S/C18H25N5O4/c1-12-7-13(8-20-17(12)24-2)23-16-15(3-5-25-11-21-16)18(22-23)27-10-14-9-19-4-6-26-14/h7-8,14,19,21H,3-6,9-11H2,1-2H3/t14-/m0/s1. The van der Waals surface area contributed by atoms with Crippen LogP contribution in [0.1, 0.15) is 11.1 Å². The van der Waals surface area contributed by atoms with Crippen LogP contribution in [-0.2, 0) is 15.9 Å². The molecule has 4 heterocycles. The number of aromatic nitrogens is 3. The molecule has 4 rings (SSSR count). The molecular formula is C18H25N5O4. The number of fused-ring (bicyclic) bond motifs is 1. The Morgan fingerprint density at radius 2 is 2.26 bits per heavy atom. The van der Waals surface area contributed by atoms with Gasteiger partial charge in [0.15, 0.2) is 0 Å². The molecule has 2 aromatic rings. The fourth-order valence-corrected chi connectivity index (χ4v) is 3.28. The van der Waals surface area contributed by atoms with Gasteiger partial charge in [0.1, 0.15) is 25.3 Å².